The second-order valence-electron chi connectivity index (χ2n) is 7.40. The summed E-state index contributed by atoms with van der Waals surface area (Å²) in [5.41, 5.74) is 13.8. The summed E-state index contributed by atoms with van der Waals surface area (Å²) < 4.78 is 3.31. The summed E-state index contributed by atoms with van der Waals surface area (Å²) >= 11 is 1.54. The fourth-order valence-corrected chi connectivity index (χ4v) is 3.77. The fourth-order valence-electron chi connectivity index (χ4n) is 3.13. The average Bonchev–Trinajstić information content (AvgIpc) is 2.84. The predicted octanol–water partition coefficient (Wildman–Crippen LogP) is 5.30. The summed E-state index contributed by atoms with van der Waals surface area (Å²) in [5, 5.41) is 2.93. The number of benzene rings is 3. The van der Waals surface area contributed by atoms with Crippen molar-refractivity contribution in [1.82, 2.24) is 4.98 Å². The largest absolute Gasteiger partial charge is 0.382 e. The maximum Gasteiger partial charge on any atom is 0.255 e. The highest BCUT2D eigenvalue weighted by Gasteiger charge is 2.10. The van der Waals surface area contributed by atoms with Crippen molar-refractivity contribution < 1.29 is 4.79 Å². The number of nitrogen functional groups attached to an aromatic ring is 2. The van der Waals surface area contributed by atoms with Crippen molar-refractivity contribution in [2.75, 3.05) is 21.2 Å². The van der Waals surface area contributed by atoms with Crippen LogP contribution in [0, 0.1) is 6.92 Å². The fraction of sp³-hybridized carbons (Fsp3) is 0.0400. The zero-order valence-electron chi connectivity index (χ0n) is 18.0. The first-order valence-electron chi connectivity index (χ1n) is 10.3. The lowest BCUT2D eigenvalue weighted by Crippen LogP contribution is -2.12. The van der Waals surface area contributed by atoms with Crippen LogP contribution in [-0.4, -0.2) is 10.9 Å². The van der Waals surface area contributed by atoms with E-state index in [0.29, 0.717) is 28.5 Å². The smallest absolute Gasteiger partial charge is 0.255 e. The molecular formula is C25H24N6OS. The zero-order chi connectivity index (χ0) is 23.2. The van der Waals surface area contributed by atoms with Crippen LogP contribution in [0.1, 0.15) is 15.9 Å². The number of rotatable bonds is 7. The number of carbonyl (C=O) groups excluding carboxylic acids is 1. The number of pyridine rings is 1. The second kappa shape index (κ2) is 10.1. The van der Waals surface area contributed by atoms with E-state index < -0.39 is 0 Å². The third-order valence-electron chi connectivity index (χ3n) is 4.95. The molecule has 0 aliphatic rings. The highest BCUT2D eigenvalue weighted by atomic mass is 32.2. The van der Waals surface area contributed by atoms with Crippen molar-refractivity contribution in [3.05, 3.63) is 96.1 Å². The van der Waals surface area contributed by atoms with E-state index in [1.165, 1.54) is 17.5 Å². The number of carbonyl (C=O) groups is 1. The summed E-state index contributed by atoms with van der Waals surface area (Å²) in [7, 11) is 0. The van der Waals surface area contributed by atoms with Crippen molar-refractivity contribution in [3.63, 3.8) is 0 Å². The highest BCUT2D eigenvalue weighted by molar-refractivity contribution is 8.00. The number of nitrogens with one attached hydrogen (secondary N) is 3. The molecule has 0 radical (unpaired) electrons. The molecule has 0 aliphatic heterocycles. The number of hydrazine groups is 1. The molecule has 1 heterocycles. The molecule has 0 fully saturated rings. The number of amides is 1. The van der Waals surface area contributed by atoms with E-state index >= 15 is 0 Å². The van der Waals surface area contributed by atoms with Gasteiger partial charge in [-0.15, -0.1) is 0 Å². The number of aromatic nitrogens is 1. The van der Waals surface area contributed by atoms with Gasteiger partial charge in [0.2, 0.25) is 0 Å². The molecule has 4 rings (SSSR count). The van der Waals surface area contributed by atoms with Crippen LogP contribution in [0.15, 0.2) is 89.8 Å². The van der Waals surface area contributed by atoms with Gasteiger partial charge in [-0.25, -0.2) is 4.98 Å². The number of nitrogens with zero attached hydrogens (tertiary/aromatic N) is 1. The van der Waals surface area contributed by atoms with E-state index in [-0.39, 0.29) is 5.91 Å². The van der Waals surface area contributed by atoms with E-state index in [0.717, 1.165) is 16.1 Å². The Balaban J connectivity index is 1.40. The molecule has 33 heavy (non-hydrogen) atoms. The molecule has 7 N–H and O–H groups in total. The molecule has 1 aromatic heterocycles. The van der Waals surface area contributed by atoms with Crippen molar-refractivity contribution in [3.8, 4) is 11.3 Å². The van der Waals surface area contributed by atoms with Crippen LogP contribution in [0.25, 0.3) is 11.3 Å². The minimum absolute atomic E-state index is 0.209. The lowest BCUT2D eigenvalue weighted by Gasteiger charge is -2.10. The molecule has 8 heteroatoms. The normalized spacial score (nSPS) is 10.5. The SMILES string of the molecule is Cc1ccc(SNc2ccc(NC(=O)c3cccc(-c4ccc(NN)c(N)n4)c3)cc2)cc1. The number of aryl methyl sites for hydroxylation is 1. The van der Waals surface area contributed by atoms with Gasteiger partial charge in [-0.2, -0.15) is 0 Å². The van der Waals surface area contributed by atoms with Crippen LogP contribution in [0.4, 0.5) is 22.9 Å². The standard InChI is InChI=1S/C25H24N6OS/c1-16-5-11-21(12-6-16)33-31-20-9-7-19(8-10-20)28-25(32)18-4-2-3-17(15-18)22-13-14-23(30-27)24(26)29-22/h2-15,30-31H,27H2,1H3,(H2,26,29)(H,28,32). The lowest BCUT2D eigenvalue weighted by atomic mass is 10.1. The Morgan fingerprint density at radius 2 is 1.64 bits per heavy atom. The molecule has 0 bridgehead atoms. The first kappa shape index (κ1) is 22.2. The predicted molar refractivity (Wildman–Crippen MR) is 137 cm³/mol. The van der Waals surface area contributed by atoms with Gasteiger partial charge in [0.15, 0.2) is 0 Å². The maximum absolute atomic E-state index is 12.8. The van der Waals surface area contributed by atoms with Gasteiger partial charge in [-0.1, -0.05) is 29.8 Å². The van der Waals surface area contributed by atoms with Gasteiger partial charge in [-0.05, 0) is 79.5 Å². The van der Waals surface area contributed by atoms with E-state index in [1.54, 1.807) is 24.3 Å². The zero-order valence-corrected chi connectivity index (χ0v) is 18.8. The van der Waals surface area contributed by atoms with E-state index in [9.17, 15) is 4.79 Å². The Bertz CT molecular complexity index is 1260. The molecule has 4 aromatic rings. The molecule has 166 valence electrons. The number of hydrogen-bond donors (Lipinski definition) is 5. The molecule has 3 aromatic carbocycles. The first-order chi connectivity index (χ1) is 16.0. The number of nitrogens with two attached hydrogens (primary N) is 2. The summed E-state index contributed by atoms with van der Waals surface area (Å²) in [5.74, 6) is 5.49. The minimum atomic E-state index is -0.209. The Hall–Kier alpha value is -4.01. The van der Waals surface area contributed by atoms with Crippen LogP contribution in [0.5, 0.6) is 0 Å². The van der Waals surface area contributed by atoms with Crippen LogP contribution in [0.2, 0.25) is 0 Å². The molecule has 0 aliphatic carbocycles. The van der Waals surface area contributed by atoms with Gasteiger partial charge in [0.05, 0.1) is 11.4 Å². The van der Waals surface area contributed by atoms with E-state index in [2.05, 4.69) is 51.6 Å². The highest BCUT2D eigenvalue weighted by Crippen LogP contribution is 2.25. The van der Waals surface area contributed by atoms with E-state index in [1.807, 2.05) is 36.4 Å². The van der Waals surface area contributed by atoms with Gasteiger partial charge in [-0.3, -0.25) is 10.6 Å². The Morgan fingerprint density at radius 3 is 2.33 bits per heavy atom. The molecule has 1 amide bonds. The van der Waals surface area contributed by atoms with Gasteiger partial charge in [0.1, 0.15) is 5.82 Å². The molecule has 0 atom stereocenters. The Labute approximate surface area is 196 Å². The number of hydrogen-bond acceptors (Lipinski definition) is 7. The molecule has 7 nitrogen and oxygen atoms in total. The Morgan fingerprint density at radius 1 is 0.909 bits per heavy atom. The van der Waals surface area contributed by atoms with Crippen molar-refractivity contribution in [2.45, 2.75) is 11.8 Å². The quantitative estimate of drug-likeness (QED) is 0.146. The lowest BCUT2D eigenvalue weighted by molar-refractivity contribution is 0.102. The van der Waals surface area contributed by atoms with E-state index in [4.69, 9.17) is 11.6 Å². The summed E-state index contributed by atoms with van der Waals surface area (Å²) in [6.45, 7) is 2.06. The average molecular weight is 457 g/mol. The van der Waals surface area contributed by atoms with Gasteiger partial charge < -0.3 is 21.2 Å². The van der Waals surface area contributed by atoms with Gasteiger partial charge in [0, 0.05) is 27.4 Å². The Kier molecular flexibility index (Phi) is 6.77. The second-order valence-corrected chi connectivity index (χ2v) is 8.28. The molecule has 0 saturated heterocycles. The van der Waals surface area contributed by atoms with Crippen LogP contribution >= 0.6 is 11.9 Å². The monoisotopic (exact) mass is 456 g/mol. The van der Waals surface area contributed by atoms with Crippen LogP contribution in [-0.2, 0) is 0 Å². The summed E-state index contributed by atoms with van der Waals surface area (Å²) in [4.78, 5) is 18.3. The summed E-state index contributed by atoms with van der Waals surface area (Å²) in [6.07, 6.45) is 0. The van der Waals surface area contributed by atoms with Crippen LogP contribution in [0.3, 0.4) is 0 Å². The van der Waals surface area contributed by atoms with Gasteiger partial charge in [0.25, 0.3) is 5.91 Å². The van der Waals surface area contributed by atoms with Gasteiger partial charge >= 0.3 is 0 Å². The third kappa shape index (κ3) is 5.62. The van der Waals surface area contributed by atoms with Crippen molar-refractivity contribution in [1.29, 1.82) is 0 Å². The first-order valence-corrected chi connectivity index (χ1v) is 11.1. The van der Waals surface area contributed by atoms with Crippen LogP contribution < -0.4 is 27.0 Å². The van der Waals surface area contributed by atoms with Crippen molar-refractivity contribution >= 4 is 40.7 Å². The molecular weight excluding hydrogens is 432 g/mol. The summed E-state index contributed by atoms with van der Waals surface area (Å²) in [6, 6.07) is 26.6. The molecule has 0 unspecified atom stereocenters. The molecule has 0 saturated carbocycles. The maximum atomic E-state index is 12.8. The van der Waals surface area contributed by atoms with Crippen molar-refractivity contribution in [2.24, 2.45) is 5.84 Å². The molecule has 0 spiro atoms. The third-order valence-corrected chi connectivity index (χ3v) is 5.80. The number of anilines is 4. The minimum Gasteiger partial charge on any atom is -0.382 e. The topological polar surface area (TPSA) is 118 Å².